The molecule has 2 rings (SSSR count). The number of hydrogen-bond acceptors (Lipinski definition) is 2. The van der Waals surface area contributed by atoms with Gasteiger partial charge in [0.05, 0.1) is 7.11 Å². The van der Waals surface area contributed by atoms with Crippen LogP contribution >= 0.6 is 0 Å². The third kappa shape index (κ3) is 2.02. The fourth-order valence-corrected chi connectivity index (χ4v) is 1.81. The number of benzene rings is 1. The minimum absolute atomic E-state index is 0.0160. The molecule has 1 N–H and O–H groups in total. The molecule has 2 nitrogen and oxygen atoms in total. The first-order valence-electron chi connectivity index (χ1n) is 5.23. The summed E-state index contributed by atoms with van der Waals surface area (Å²) in [7, 11) is 1.37. The van der Waals surface area contributed by atoms with Gasteiger partial charge in [-0.2, -0.15) is 0 Å². The molecule has 1 saturated carbocycles. The van der Waals surface area contributed by atoms with Crippen molar-refractivity contribution in [1.82, 2.24) is 0 Å². The molecule has 4 heteroatoms. The number of ether oxygens (including phenoxy) is 1. The van der Waals surface area contributed by atoms with Crippen LogP contribution in [0.1, 0.15) is 18.4 Å². The molecule has 0 spiro atoms. The molecule has 0 unspecified atom stereocenters. The zero-order valence-electron chi connectivity index (χ0n) is 9.09. The summed E-state index contributed by atoms with van der Waals surface area (Å²) in [5.74, 6) is -1.03. The maximum absolute atomic E-state index is 13.6. The van der Waals surface area contributed by atoms with Gasteiger partial charge in [-0.15, -0.1) is 0 Å². The van der Waals surface area contributed by atoms with E-state index in [0.29, 0.717) is 0 Å². The molecule has 0 amide bonds. The van der Waals surface area contributed by atoms with Crippen LogP contribution in [0.25, 0.3) is 0 Å². The van der Waals surface area contributed by atoms with Gasteiger partial charge in [0, 0.05) is 24.3 Å². The minimum atomic E-state index is -0.600. The van der Waals surface area contributed by atoms with Crippen molar-refractivity contribution in [3.05, 3.63) is 29.3 Å². The fourth-order valence-electron chi connectivity index (χ4n) is 1.81. The normalized spacial score (nSPS) is 17.2. The Hall–Kier alpha value is -1.16. The Morgan fingerprint density at radius 1 is 1.31 bits per heavy atom. The first kappa shape index (κ1) is 11.3. The molecular formula is C12H14F2O2. The second-order valence-corrected chi connectivity index (χ2v) is 4.40. The van der Waals surface area contributed by atoms with Gasteiger partial charge in [0.1, 0.15) is 17.4 Å². The van der Waals surface area contributed by atoms with Crippen molar-refractivity contribution in [3.8, 4) is 5.75 Å². The summed E-state index contributed by atoms with van der Waals surface area (Å²) in [6.07, 6.45) is 1.91. The monoisotopic (exact) mass is 228 g/mol. The SMILES string of the molecule is COc1cc(F)c(CC2(CO)CC2)c(F)c1. The van der Waals surface area contributed by atoms with E-state index in [9.17, 15) is 8.78 Å². The lowest BCUT2D eigenvalue weighted by atomic mass is 9.96. The number of halogens is 2. The summed E-state index contributed by atoms with van der Waals surface area (Å²) in [6, 6.07) is 2.34. The van der Waals surface area contributed by atoms with Crippen molar-refractivity contribution in [2.24, 2.45) is 5.41 Å². The van der Waals surface area contributed by atoms with Crippen LogP contribution in [-0.2, 0) is 6.42 Å². The molecule has 1 aromatic rings. The summed E-state index contributed by atoms with van der Waals surface area (Å²) in [5.41, 5.74) is -0.247. The second kappa shape index (κ2) is 4.01. The lowest BCUT2D eigenvalue weighted by Gasteiger charge is -2.13. The minimum Gasteiger partial charge on any atom is -0.497 e. The summed E-state index contributed by atoms with van der Waals surface area (Å²) >= 11 is 0. The van der Waals surface area contributed by atoms with Crippen molar-refractivity contribution in [3.63, 3.8) is 0 Å². The van der Waals surface area contributed by atoms with E-state index in [1.165, 1.54) is 19.2 Å². The molecule has 0 aliphatic heterocycles. The average molecular weight is 228 g/mol. The quantitative estimate of drug-likeness (QED) is 0.856. The molecule has 0 radical (unpaired) electrons. The van der Waals surface area contributed by atoms with Gasteiger partial charge in [-0.05, 0) is 24.7 Å². The first-order chi connectivity index (χ1) is 7.60. The van der Waals surface area contributed by atoms with Crippen molar-refractivity contribution < 1.29 is 18.6 Å². The lowest BCUT2D eigenvalue weighted by molar-refractivity contribution is 0.209. The average Bonchev–Trinajstić information content (AvgIpc) is 3.04. The van der Waals surface area contributed by atoms with Crippen LogP contribution in [0, 0.1) is 17.0 Å². The topological polar surface area (TPSA) is 29.5 Å². The predicted octanol–water partition coefficient (Wildman–Crippen LogP) is 2.29. The summed E-state index contributed by atoms with van der Waals surface area (Å²) in [4.78, 5) is 0. The zero-order valence-corrected chi connectivity index (χ0v) is 9.09. The van der Waals surface area contributed by atoms with Gasteiger partial charge in [-0.1, -0.05) is 0 Å². The van der Waals surface area contributed by atoms with E-state index >= 15 is 0 Å². The zero-order chi connectivity index (χ0) is 11.8. The Kier molecular flexibility index (Phi) is 2.84. The molecule has 0 atom stereocenters. The third-order valence-corrected chi connectivity index (χ3v) is 3.19. The Bertz CT molecular complexity index is 377. The van der Waals surface area contributed by atoms with Crippen LogP contribution in [0.4, 0.5) is 8.78 Å². The highest BCUT2D eigenvalue weighted by Gasteiger charge is 2.43. The summed E-state index contributed by atoms with van der Waals surface area (Å²) in [6.45, 7) is -0.0160. The molecule has 0 heterocycles. The Labute approximate surface area is 92.9 Å². The van der Waals surface area contributed by atoms with E-state index in [-0.39, 0.29) is 29.8 Å². The van der Waals surface area contributed by atoms with Crippen LogP contribution < -0.4 is 4.74 Å². The fraction of sp³-hybridized carbons (Fsp3) is 0.500. The highest BCUT2D eigenvalue weighted by Crippen LogP contribution is 2.48. The van der Waals surface area contributed by atoms with E-state index < -0.39 is 11.6 Å². The van der Waals surface area contributed by atoms with Crippen LogP contribution in [-0.4, -0.2) is 18.8 Å². The molecule has 0 saturated heterocycles. The summed E-state index contributed by atoms with van der Waals surface area (Å²) in [5, 5.41) is 9.13. The van der Waals surface area contributed by atoms with Crippen LogP contribution in [0.2, 0.25) is 0 Å². The number of hydrogen-bond donors (Lipinski definition) is 1. The highest BCUT2D eigenvalue weighted by molar-refractivity contribution is 5.31. The number of aliphatic hydroxyl groups is 1. The molecular weight excluding hydrogens is 214 g/mol. The summed E-state index contributed by atoms with van der Waals surface area (Å²) < 4.78 is 32.0. The van der Waals surface area contributed by atoms with E-state index in [1.807, 2.05) is 0 Å². The number of methoxy groups -OCH3 is 1. The van der Waals surface area contributed by atoms with E-state index in [2.05, 4.69) is 0 Å². The lowest BCUT2D eigenvalue weighted by Crippen LogP contribution is -2.12. The maximum atomic E-state index is 13.6. The maximum Gasteiger partial charge on any atom is 0.133 e. The van der Waals surface area contributed by atoms with Gasteiger partial charge in [-0.3, -0.25) is 0 Å². The largest absolute Gasteiger partial charge is 0.497 e. The van der Waals surface area contributed by atoms with Crippen LogP contribution in [0.15, 0.2) is 12.1 Å². The van der Waals surface area contributed by atoms with Crippen molar-refractivity contribution in [1.29, 1.82) is 0 Å². The van der Waals surface area contributed by atoms with E-state index in [1.54, 1.807) is 0 Å². The molecule has 1 aliphatic carbocycles. The van der Waals surface area contributed by atoms with Crippen molar-refractivity contribution in [2.45, 2.75) is 19.3 Å². The Balaban J connectivity index is 2.27. The van der Waals surface area contributed by atoms with Gasteiger partial charge < -0.3 is 9.84 Å². The van der Waals surface area contributed by atoms with Gasteiger partial charge in [0.15, 0.2) is 0 Å². The third-order valence-electron chi connectivity index (χ3n) is 3.19. The smallest absolute Gasteiger partial charge is 0.133 e. The molecule has 16 heavy (non-hydrogen) atoms. The predicted molar refractivity (Wildman–Crippen MR) is 55.4 cm³/mol. The number of rotatable bonds is 4. The first-order valence-corrected chi connectivity index (χ1v) is 5.23. The van der Waals surface area contributed by atoms with Crippen LogP contribution in [0.5, 0.6) is 5.75 Å². The van der Waals surface area contributed by atoms with E-state index in [0.717, 1.165) is 12.8 Å². The number of aliphatic hydroxyl groups excluding tert-OH is 1. The van der Waals surface area contributed by atoms with Crippen molar-refractivity contribution >= 4 is 0 Å². The molecule has 0 bridgehead atoms. The molecule has 0 aromatic heterocycles. The Morgan fingerprint density at radius 3 is 2.25 bits per heavy atom. The standard InChI is InChI=1S/C12H14F2O2/c1-16-8-4-10(13)9(11(14)5-8)6-12(7-15)2-3-12/h4-5,15H,2-3,6-7H2,1H3. The van der Waals surface area contributed by atoms with E-state index in [4.69, 9.17) is 9.84 Å². The molecule has 88 valence electrons. The Morgan fingerprint density at radius 2 is 1.88 bits per heavy atom. The highest BCUT2D eigenvalue weighted by atomic mass is 19.1. The van der Waals surface area contributed by atoms with Gasteiger partial charge in [0.2, 0.25) is 0 Å². The second-order valence-electron chi connectivity index (χ2n) is 4.40. The van der Waals surface area contributed by atoms with Crippen LogP contribution in [0.3, 0.4) is 0 Å². The van der Waals surface area contributed by atoms with Gasteiger partial charge in [0.25, 0.3) is 0 Å². The molecule has 1 aromatic carbocycles. The molecule has 1 fully saturated rings. The van der Waals surface area contributed by atoms with Gasteiger partial charge >= 0.3 is 0 Å². The van der Waals surface area contributed by atoms with Crippen molar-refractivity contribution in [2.75, 3.05) is 13.7 Å². The van der Waals surface area contributed by atoms with Gasteiger partial charge in [-0.25, -0.2) is 8.78 Å². The molecule has 1 aliphatic rings.